The number of aromatic nitrogens is 1. The summed E-state index contributed by atoms with van der Waals surface area (Å²) in [4.78, 5) is 19.4. The molecular formula is C20H27N3O2. The van der Waals surface area contributed by atoms with Crippen molar-refractivity contribution in [2.24, 2.45) is 0 Å². The van der Waals surface area contributed by atoms with Crippen LogP contribution in [0.2, 0.25) is 0 Å². The number of carbonyl (C=O) groups excluding carboxylic acids is 1. The maximum atomic E-state index is 12.4. The van der Waals surface area contributed by atoms with E-state index in [0.717, 1.165) is 43.7 Å². The van der Waals surface area contributed by atoms with Crippen molar-refractivity contribution in [3.63, 3.8) is 0 Å². The lowest BCUT2D eigenvalue weighted by molar-refractivity contribution is -0.121. The van der Waals surface area contributed by atoms with Crippen molar-refractivity contribution < 1.29 is 9.21 Å². The minimum Gasteiger partial charge on any atom is -0.441 e. The number of likely N-dealkylation sites (tertiary alicyclic amines) is 1. The van der Waals surface area contributed by atoms with Crippen LogP contribution in [-0.2, 0) is 11.2 Å². The largest absolute Gasteiger partial charge is 0.441 e. The number of amides is 1. The van der Waals surface area contributed by atoms with Crippen LogP contribution in [-0.4, -0.2) is 41.5 Å². The van der Waals surface area contributed by atoms with E-state index in [1.807, 2.05) is 37.3 Å². The summed E-state index contributed by atoms with van der Waals surface area (Å²) in [5.74, 6) is 1.32. The zero-order chi connectivity index (χ0) is 17.6. The predicted molar refractivity (Wildman–Crippen MR) is 98.3 cm³/mol. The van der Waals surface area contributed by atoms with Gasteiger partial charge in [-0.2, -0.15) is 0 Å². The maximum Gasteiger partial charge on any atom is 0.226 e. The van der Waals surface area contributed by atoms with Gasteiger partial charge in [-0.1, -0.05) is 25.1 Å². The highest BCUT2D eigenvalue weighted by Gasteiger charge is 2.21. The lowest BCUT2D eigenvalue weighted by Gasteiger charge is -2.32. The summed E-state index contributed by atoms with van der Waals surface area (Å²) < 4.78 is 5.73. The van der Waals surface area contributed by atoms with Crippen molar-refractivity contribution in [3.8, 4) is 11.5 Å². The van der Waals surface area contributed by atoms with Crippen LogP contribution in [0.4, 0.5) is 0 Å². The van der Waals surface area contributed by atoms with Gasteiger partial charge in [-0.05, 0) is 44.9 Å². The summed E-state index contributed by atoms with van der Waals surface area (Å²) in [6.45, 7) is 7.37. The van der Waals surface area contributed by atoms with Gasteiger partial charge in [0.15, 0.2) is 0 Å². The fourth-order valence-electron chi connectivity index (χ4n) is 3.34. The normalized spacial score (nSPS) is 16.1. The van der Waals surface area contributed by atoms with Gasteiger partial charge < -0.3 is 14.6 Å². The molecule has 3 rings (SSSR count). The summed E-state index contributed by atoms with van der Waals surface area (Å²) in [5, 5.41) is 3.16. The molecule has 0 unspecified atom stereocenters. The van der Waals surface area contributed by atoms with Crippen LogP contribution in [0.15, 0.2) is 34.7 Å². The second-order valence-electron chi connectivity index (χ2n) is 6.75. The third kappa shape index (κ3) is 4.69. The van der Waals surface area contributed by atoms with Crippen LogP contribution in [0.25, 0.3) is 11.5 Å². The molecule has 1 aliphatic rings. The Kier molecular flexibility index (Phi) is 5.87. The molecule has 134 valence electrons. The SMILES string of the molecule is CCCN1CCC(NC(=O)Cc2nc(-c3ccccc3)oc2C)CC1. The molecule has 0 spiro atoms. The Morgan fingerprint density at radius 2 is 2.00 bits per heavy atom. The number of aryl methyl sites for hydroxylation is 1. The van der Waals surface area contributed by atoms with E-state index in [4.69, 9.17) is 4.42 Å². The van der Waals surface area contributed by atoms with E-state index in [1.165, 1.54) is 6.42 Å². The molecule has 5 nitrogen and oxygen atoms in total. The Hall–Kier alpha value is -2.14. The van der Waals surface area contributed by atoms with Crippen molar-refractivity contribution in [3.05, 3.63) is 41.8 Å². The van der Waals surface area contributed by atoms with E-state index < -0.39 is 0 Å². The molecule has 1 N–H and O–H groups in total. The molecule has 1 aromatic heterocycles. The fourth-order valence-corrected chi connectivity index (χ4v) is 3.34. The van der Waals surface area contributed by atoms with Gasteiger partial charge in [0.25, 0.3) is 0 Å². The van der Waals surface area contributed by atoms with E-state index in [1.54, 1.807) is 0 Å². The standard InChI is InChI=1S/C20H27N3O2/c1-3-11-23-12-9-17(10-13-23)21-19(24)14-18-15(2)25-20(22-18)16-7-5-4-6-8-16/h4-8,17H,3,9-14H2,1-2H3,(H,21,24). The highest BCUT2D eigenvalue weighted by atomic mass is 16.4. The number of benzene rings is 1. The van der Waals surface area contributed by atoms with Crippen LogP contribution >= 0.6 is 0 Å². The molecular weight excluding hydrogens is 314 g/mol. The van der Waals surface area contributed by atoms with E-state index in [9.17, 15) is 4.79 Å². The molecule has 1 saturated heterocycles. The molecule has 1 aromatic carbocycles. The molecule has 1 amide bonds. The summed E-state index contributed by atoms with van der Waals surface area (Å²) in [6.07, 6.45) is 3.52. The molecule has 0 saturated carbocycles. The van der Waals surface area contributed by atoms with Crippen LogP contribution in [0.3, 0.4) is 0 Å². The molecule has 5 heteroatoms. The summed E-state index contributed by atoms with van der Waals surface area (Å²) in [6, 6.07) is 10.1. The van der Waals surface area contributed by atoms with Crippen molar-refractivity contribution in [2.75, 3.05) is 19.6 Å². The Balaban J connectivity index is 1.54. The molecule has 2 aromatic rings. The first-order valence-electron chi connectivity index (χ1n) is 9.19. The van der Waals surface area contributed by atoms with Crippen LogP contribution in [0, 0.1) is 6.92 Å². The minimum atomic E-state index is 0.0324. The third-order valence-electron chi connectivity index (χ3n) is 4.73. The third-order valence-corrected chi connectivity index (χ3v) is 4.73. The Morgan fingerprint density at radius 3 is 2.68 bits per heavy atom. The maximum absolute atomic E-state index is 12.4. The molecule has 0 atom stereocenters. The summed E-state index contributed by atoms with van der Waals surface area (Å²) >= 11 is 0. The van der Waals surface area contributed by atoms with Crippen LogP contribution < -0.4 is 5.32 Å². The topological polar surface area (TPSA) is 58.4 Å². The fraction of sp³-hybridized carbons (Fsp3) is 0.500. The van der Waals surface area contributed by atoms with Gasteiger partial charge in [0.05, 0.1) is 12.1 Å². The monoisotopic (exact) mass is 341 g/mol. The number of oxazole rings is 1. The molecule has 1 aliphatic heterocycles. The second kappa shape index (κ2) is 8.30. The van der Waals surface area contributed by atoms with Crippen molar-refractivity contribution >= 4 is 5.91 Å². The number of nitrogens with one attached hydrogen (secondary N) is 1. The van der Waals surface area contributed by atoms with E-state index in [0.29, 0.717) is 11.7 Å². The average Bonchev–Trinajstić information content (AvgIpc) is 2.98. The minimum absolute atomic E-state index is 0.0324. The van der Waals surface area contributed by atoms with Gasteiger partial charge in [-0.25, -0.2) is 4.98 Å². The first-order chi connectivity index (χ1) is 12.2. The van der Waals surface area contributed by atoms with Gasteiger partial charge in [0, 0.05) is 24.7 Å². The summed E-state index contributed by atoms with van der Waals surface area (Å²) in [5.41, 5.74) is 1.65. The molecule has 1 fully saturated rings. The number of nitrogens with zero attached hydrogens (tertiary/aromatic N) is 2. The van der Waals surface area contributed by atoms with Gasteiger partial charge in [0.1, 0.15) is 5.76 Å². The molecule has 0 radical (unpaired) electrons. The van der Waals surface area contributed by atoms with E-state index >= 15 is 0 Å². The van der Waals surface area contributed by atoms with Crippen molar-refractivity contribution in [2.45, 2.75) is 45.6 Å². The Bertz CT molecular complexity index is 688. The number of hydrogen-bond donors (Lipinski definition) is 1. The van der Waals surface area contributed by atoms with Crippen molar-refractivity contribution in [1.82, 2.24) is 15.2 Å². The Labute approximate surface area is 149 Å². The zero-order valence-electron chi connectivity index (χ0n) is 15.1. The Morgan fingerprint density at radius 1 is 1.28 bits per heavy atom. The number of rotatable bonds is 6. The highest BCUT2D eigenvalue weighted by molar-refractivity contribution is 5.78. The highest BCUT2D eigenvalue weighted by Crippen LogP contribution is 2.21. The predicted octanol–water partition coefficient (Wildman–Crippen LogP) is 3.18. The molecule has 25 heavy (non-hydrogen) atoms. The van der Waals surface area contributed by atoms with Crippen molar-refractivity contribution in [1.29, 1.82) is 0 Å². The molecule has 0 bridgehead atoms. The zero-order valence-corrected chi connectivity index (χ0v) is 15.1. The lowest BCUT2D eigenvalue weighted by atomic mass is 10.0. The summed E-state index contributed by atoms with van der Waals surface area (Å²) in [7, 11) is 0. The quantitative estimate of drug-likeness (QED) is 0.877. The van der Waals surface area contributed by atoms with Crippen LogP contribution in [0.1, 0.15) is 37.6 Å². The second-order valence-corrected chi connectivity index (χ2v) is 6.75. The van der Waals surface area contributed by atoms with Gasteiger partial charge in [-0.15, -0.1) is 0 Å². The first-order valence-corrected chi connectivity index (χ1v) is 9.19. The number of hydrogen-bond acceptors (Lipinski definition) is 4. The van der Waals surface area contributed by atoms with Gasteiger partial charge >= 0.3 is 0 Å². The average molecular weight is 341 g/mol. The first kappa shape index (κ1) is 17.7. The van der Waals surface area contributed by atoms with Crippen LogP contribution in [0.5, 0.6) is 0 Å². The smallest absolute Gasteiger partial charge is 0.226 e. The number of piperidine rings is 1. The molecule has 0 aliphatic carbocycles. The molecule has 2 heterocycles. The van der Waals surface area contributed by atoms with Gasteiger partial charge in [0.2, 0.25) is 11.8 Å². The number of carbonyl (C=O) groups is 1. The van der Waals surface area contributed by atoms with E-state index in [2.05, 4.69) is 22.1 Å². The van der Waals surface area contributed by atoms with Gasteiger partial charge in [-0.3, -0.25) is 4.79 Å². The lowest BCUT2D eigenvalue weighted by Crippen LogP contribution is -2.45. The van der Waals surface area contributed by atoms with E-state index in [-0.39, 0.29) is 18.4 Å².